The van der Waals surface area contributed by atoms with Gasteiger partial charge in [0, 0.05) is 44.2 Å². The third-order valence-corrected chi connectivity index (χ3v) is 11.5. The van der Waals surface area contributed by atoms with E-state index in [1.54, 1.807) is 0 Å². The van der Waals surface area contributed by atoms with E-state index in [1.807, 2.05) is 0 Å². The van der Waals surface area contributed by atoms with E-state index in [9.17, 15) is 0 Å². The van der Waals surface area contributed by atoms with Crippen LogP contribution in [0.2, 0.25) is 0 Å². The van der Waals surface area contributed by atoms with Crippen LogP contribution in [-0.4, -0.2) is 4.57 Å². The zero-order valence-corrected chi connectivity index (χ0v) is 30.6. The SMILES string of the molecule is Cc1ccc(N(c2ccccc2)c2cc3c(c4ccccc24)-c2ccc(-n4c5ccc(C)cc5c5cccc(-c6ccccc6)c54)cc2C3(C)C)cc1. The Morgan fingerprint density at radius 1 is 0.472 bits per heavy atom. The summed E-state index contributed by atoms with van der Waals surface area (Å²) >= 11 is 0. The lowest BCUT2D eigenvalue weighted by Gasteiger charge is -2.30. The summed E-state index contributed by atoms with van der Waals surface area (Å²) in [6.07, 6.45) is 0. The first-order valence-corrected chi connectivity index (χ1v) is 18.6. The van der Waals surface area contributed by atoms with Crippen molar-refractivity contribution in [1.29, 1.82) is 0 Å². The minimum absolute atomic E-state index is 0.243. The highest BCUT2D eigenvalue weighted by Gasteiger charge is 2.38. The average molecular weight is 681 g/mol. The van der Waals surface area contributed by atoms with Crippen LogP contribution >= 0.6 is 0 Å². The molecule has 0 aliphatic heterocycles. The van der Waals surface area contributed by atoms with Gasteiger partial charge in [-0.1, -0.05) is 140 Å². The fraction of sp³-hybridized carbons (Fsp3) is 0.0980. The van der Waals surface area contributed by atoms with Gasteiger partial charge in [0.2, 0.25) is 0 Å². The van der Waals surface area contributed by atoms with Gasteiger partial charge in [0.25, 0.3) is 0 Å². The van der Waals surface area contributed by atoms with E-state index >= 15 is 0 Å². The van der Waals surface area contributed by atoms with Gasteiger partial charge in [-0.2, -0.15) is 0 Å². The third kappa shape index (κ3) is 4.79. The highest BCUT2D eigenvalue weighted by atomic mass is 15.1. The number of rotatable bonds is 5. The van der Waals surface area contributed by atoms with Gasteiger partial charge in [0.05, 0.1) is 16.7 Å². The minimum atomic E-state index is -0.243. The number of hydrogen-bond acceptors (Lipinski definition) is 1. The second kappa shape index (κ2) is 11.8. The molecule has 0 radical (unpaired) electrons. The predicted molar refractivity (Wildman–Crippen MR) is 225 cm³/mol. The maximum Gasteiger partial charge on any atom is 0.0619 e. The van der Waals surface area contributed by atoms with Crippen LogP contribution in [-0.2, 0) is 5.41 Å². The summed E-state index contributed by atoms with van der Waals surface area (Å²) in [7, 11) is 0. The highest BCUT2D eigenvalue weighted by Crippen LogP contribution is 2.55. The Bertz CT molecular complexity index is 2860. The van der Waals surface area contributed by atoms with Gasteiger partial charge in [-0.3, -0.25) is 0 Å². The van der Waals surface area contributed by atoms with Crippen LogP contribution in [0.1, 0.15) is 36.1 Å². The summed E-state index contributed by atoms with van der Waals surface area (Å²) in [4.78, 5) is 2.43. The summed E-state index contributed by atoms with van der Waals surface area (Å²) in [5.41, 5.74) is 17.3. The van der Waals surface area contributed by atoms with E-state index in [2.05, 4.69) is 207 Å². The largest absolute Gasteiger partial charge is 0.310 e. The van der Waals surface area contributed by atoms with Crippen molar-refractivity contribution in [3.8, 4) is 27.9 Å². The lowest BCUT2D eigenvalue weighted by Crippen LogP contribution is -2.17. The van der Waals surface area contributed by atoms with Gasteiger partial charge in [-0.25, -0.2) is 0 Å². The standard InChI is InChI=1S/C51H40N2/c1-33-22-25-37(26-23-33)52(36-16-9-6-10-17-36)48-32-46-49(41-19-12-11-18-40(41)48)43-28-27-38(31-45(43)51(46,3)4)53-47-29-24-34(2)30-44(47)42-21-13-20-39(50(42)53)35-14-7-5-8-15-35/h5-32H,1-4H3. The molecule has 8 aromatic carbocycles. The second-order valence-corrected chi connectivity index (χ2v) is 15.1. The smallest absolute Gasteiger partial charge is 0.0619 e. The number of para-hydroxylation sites is 2. The quantitative estimate of drug-likeness (QED) is 0.176. The van der Waals surface area contributed by atoms with Crippen LogP contribution in [0.15, 0.2) is 170 Å². The summed E-state index contributed by atoms with van der Waals surface area (Å²) in [6.45, 7) is 9.15. The number of aryl methyl sites for hydroxylation is 2. The van der Waals surface area contributed by atoms with Gasteiger partial charge >= 0.3 is 0 Å². The molecule has 53 heavy (non-hydrogen) atoms. The molecule has 2 nitrogen and oxygen atoms in total. The minimum Gasteiger partial charge on any atom is -0.310 e. The van der Waals surface area contributed by atoms with Gasteiger partial charge in [0.15, 0.2) is 0 Å². The van der Waals surface area contributed by atoms with Crippen LogP contribution in [0.25, 0.3) is 60.5 Å². The molecular formula is C51H40N2. The second-order valence-electron chi connectivity index (χ2n) is 15.1. The topological polar surface area (TPSA) is 8.17 Å². The van der Waals surface area contributed by atoms with Crippen LogP contribution < -0.4 is 4.90 Å². The first kappa shape index (κ1) is 31.4. The van der Waals surface area contributed by atoms with Gasteiger partial charge in [0.1, 0.15) is 0 Å². The van der Waals surface area contributed by atoms with Gasteiger partial charge in [-0.05, 0) is 102 Å². The molecule has 1 aromatic heterocycles. The van der Waals surface area contributed by atoms with Crippen molar-refractivity contribution in [2.45, 2.75) is 33.1 Å². The Labute approximate surface area is 311 Å². The summed E-state index contributed by atoms with van der Waals surface area (Å²) in [5, 5.41) is 5.09. The molecule has 0 spiro atoms. The monoisotopic (exact) mass is 680 g/mol. The number of fused-ring (bicyclic) bond motifs is 8. The fourth-order valence-electron chi connectivity index (χ4n) is 8.88. The van der Waals surface area contributed by atoms with Gasteiger partial charge < -0.3 is 9.47 Å². The molecular weight excluding hydrogens is 641 g/mol. The zero-order chi connectivity index (χ0) is 35.8. The first-order valence-electron chi connectivity index (χ1n) is 18.6. The van der Waals surface area contributed by atoms with E-state index in [0.717, 1.165) is 11.4 Å². The molecule has 1 aliphatic carbocycles. The van der Waals surface area contributed by atoms with Crippen molar-refractivity contribution >= 4 is 49.6 Å². The third-order valence-electron chi connectivity index (χ3n) is 11.5. The lowest BCUT2D eigenvalue weighted by atomic mass is 9.81. The summed E-state index contributed by atoms with van der Waals surface area (Å²) < 4.78 is 2.50. The Hall–Kier alpha value is -6.38. The van der Waals surface area contributed by atoms with Crippen LogP contribution in [0.3, 0.4) is 0 Å². The van der Waals surface area contributed by atoms with Crippen molar-refractivity contribution in [3.63, 3.8) is 0 Å². The molecule has 254 valence electrons. The predicted octanol–water partition coefficient (Wildman–Crippen LogP) is 14.0. The Kier molecular flexibility index (Phi) is 7.00. The average Bonchev–Trinajstić information content (AvgIpc) is 3.64. The molecule has 0 atom stereocenters. The Morgan fingerprint density at radius 3 is 1.91 bits per heavy atom. The molecule has 1 heterocycles. The van der Waals surface area contributed by atoms with Crippen molar-refractivity contribution in [3.05, 3.63) is 192 Å². The zero-order valence-electron chi connectivity index (χ0n) is 30.6. The maximum absolute atomic E-state index is 2.50. The first-order chi connectivity index (χ1) is 25.9. The molecule has 2 heteroatoms. The number of hydrogen-bond donors (Lipinski definition) is 0. The van der Waals surface area contributed by atoms with E-state index in [1.165, 1.54) is 88.5 Å². The number of anilines is 3. The highest BCUT2D eigenvalue weighted by molar-refractivity contribution is 6.14. The van der Waals surface area contributed by atoms with E-state index in [0.29, 0.717) is 0 Å². The summed E-state index contributed by atoms with van der Waals surface area (Å²) in [5.74, 6) is 0. The van der Waals surface area contributed by atoms with Crippen molar-refractivity contribution in [1.82, 2.24) is 4.57 Å². The Balaban J connectivity index is 1.22. The van der Waals surface area contributed by atoms with Crippen molar-refractivity contribution in [2.24, 2.45) is 0 Å². The van der Waals surface area contributed by atoms with Crippen molar-refractivity contribution < 1.29 is 0 Å². The maximum atomic E-state index is 2.50. The molecule has 9 aromatic rings. The molecule has 0 N–H and O–H groups in total. The van der Waals surface area contributed by atoms with E-state index in [-0.39, 0.29) is 5.41 Å². The summed E-state index contributed by atoms with van der Waals surface area (Å²) in [6, 6.07) is 62.8. The molecule has 0 fully saturated rings. The van der Waals surface area contributed by atoms with Gasteiger partial charge in [-0.15, -0.1) is 0 Å². The van der Waals surface area contributed by atoms with E-state index in [4.69, 9.17) is 0 Å². The number of benzene rings is 8. The molecule has 0 unspecified atom stereocenters. The van der Waals surface area contributed by atoms with Crippen LogP contribution in [0, 0.1) is 13.8 Å². The fourth-order valence-corrected chi connectivity index (χ4v) is 8.88. The molecule has 0 amide bonds. The number of aromatic nitrogens is 1. The van der Waals surface area contributed by atoms with Crippen molar-refractivity contribution in [2.75, 3.05) is 4.90 Å². The molecule has 0 saturated carbocycles. The molecule has 10 rings (SSSR count). The van der Waals surface area contributed by atoms with Crippen LogP contribution in [0.4, 0.5) is 17.1 Å². The van der Waals surface area contributed by atoms with E-state index < -0.39 is 0 Å². The Morgan fingerprint density at radius 2 is 1.13 bits per heavy atom. The van der Waals surface area contributed by atoms with Crippen LogP contribution in [0.5, 0.6) is 0 Å². The number of nitrogens with zero attached hydrogens (tertiary/aromatic N) is 2. The normalized spacial score (nSPS) is 13.1. The lowest BCUT2D eigenvalue weighted by molar-refractivity contribution is 0.660. The molecule has 1 aliphatic rings. The molecule has 0 bridgehead atoms. The molecule has 0 saturated heterocycles.